The van der Waals surface area contributed by atoms with E-state index in [0.29, 0.717) is 28.7 Å². The third-order valence-corrected chi connectivity index (χ3v) is 2.94. The Morgan fingerprint density at radius 2 is 1.73 bits per heavy atom. The van der Waals surface area contributed by atoms with Gasteiger partial charge in [-0.1, -0.05) is 0 Å². The Morgan fingerprint density at radius 3 is 2.27 bits per heavy atom. The van der Waals surface area contributed by atoms with Crippen LogP contribution in [0.25, 0.3) is 0 Å². The van der Waals surface area contributed by atoms with Crippen LogP contribution in [0.15, 0.2) is 30.6 Å². The lowest BCUT2D eigenvalue weighted by Gasteiger charge is -2.11. The number of aromatic nitrogens is 2. The molecule has 1 aromatic carbocycles. The van der Waals surface area contributed by atoms with E-state index in [1.54, 1.807) is 42.6 Å². The zero-order chi connectivity index (χ0) is 16.1. The molecule has 0 aliphatic rings. The first kappa shape index (κ1) is 15.6. The van der Waals surface area contributed by atoms with E-state index in [2.05, 4.69) is 15.3 Å². The first-order valence-electron chi connectivity index (χ1n) is 6.58. The minimum atomic E-state index is -0.276. The summed E-state index contributed by atoms with van der Waals surface area (Å²) in [5.74, 6) is 1.36. The lowest BCUT2D eigenvalue weighted by atomic mass is 10.2. The van der Waals surface area contributed by atoms with Gasteiger partial charge in [-0.3, -0.25) is 4.79 Å². The van der Waals surface area contributed by atoms with Crippen molar-refractivity contribution < 1.29 is 14.3 Å². The molecular formula is C15H18N4O3. The van der Waals surface area contributed by atoms with Crippen molar-refractivity contribution in [1.82, 2.24) is 9.97 Å². The summed E-state index contributed by atoms with van der Waals surface area (Å²) in [5, 5.41) is 2.73. The Morgan fingerprint density at radius 1 is 1.09 bits per heavy atom. The highest BCUT2D eigenvalue weighted by Crippen LogP contribution is 2.27. The molecule has 0 spiro atoms. The molecule has 0 unspecified atom stereocenters. The molecule has 0 atom stereocenters. The Balaban J connectivity index is 2.15. The second-order valence-electron chi connectivity index (χ2n) is 4.69. The molecule has 2 aromatic rings. The standard InChI is InChI=1S/C15H18N4O3/c1-19(2)15-16-8-11(9-17-15)18-14(20)10-5-6-12(21-3)13(7-10)22-4/h5-9H,1-4H3,(H,18,20). The molecule has 1 N–H and O–H groups in total. The number of hydrogen-bond acceptors (Lipinski definition) is 6. The fourth-order valence-electron chi connectivity index (χ4n) is 1.80. The molecule has 7 nitrogen and oxygen atoms in total. The second-order valence-corrected chi connectivity index (χ2v) is 4.69. The quantitative estimate of drug-likeness (QED) is 0.907. The van der Waals surface area contributed by atoms with E-state index < -0.39 is 0 Å². The van der Waals surface area contributed by atoms with Crippen LogP contribution in [0, 0.1) is 0 Å². The predicted molar refractivity (Wildman–Crippen MR) is 83.9 cm³/mol. The van der Waals surface area contributed by atoms with E-state index in [4.69, 9.17) is 9.47 Å². The molecule has 0 aliphatic heterocycles. The largest absolute Gasteiger partial charge is 0.493 e. The monoisotopic (exact) mass is 302 g/mol. The van der Waals surface area contributed by atoms with Crippen molar-refractivity contribution in [2.24, 2.45) is 0 Å². The van der Waals surface area contributed by atoms with Crippen LogP contribution >= 0.6 is 0 Å². The first-order valence-corrected chi connectivity index (χ1v) is 6.58. The van der Waals surface area contributed by atoms with Crippen LogP contribution in [0.1, 0.15) is 10.4 Å². The zero-order valence-corrected chi connectivity index (χ0v) is 13.0. The van der Waals surface area contributed by atoms with E-state index >= 15 is 0 Å². The van der Waals surface area contributed by atoms with Gasteiger partial charge < -0.3 is 19.7 Å². The van der Waals surface area contributed by atoms with Gasteiger partial charge in [0.2, 0.25) is 5.95 Å². The smallest absolute Gasteiger partial charge is 0.255 e. The predicted octanol–water partition coefficient (Wildman–Crippen LogP) is 1.81. The molecule has 0 radical (unpaired) electrons. The van der Waals surface area contributed by atoms with E-state index in [1.807, 2.05) is 14.1 Å². The number of nitrogens with one attached hydrogen (secondary N) is 1. The summed E-state index contributed by atoms with van der Waals surface area (Å²) in [5.41, 5.74) is 0.972. The summed E-state index contributed by atoms with van der Waals surface area (Å²) in [6.07, 6.45) is 3.11. The van der Waals surface area contributed by atoms with Crippen LogP contribution in [-0.4, -0.2) is 44.2 Å². The number of nitrogens with zero attached hydrogens (tertiary/aromatic N) is 3. The normalized spacial score (nSPS) is 10.0. The molecule has 1 heterocycles. The number of rotatable bonds is 5. The number of carbonyl (C=O) groups is 1. The highest BCUT2D eigenvalue weighted by Gasteiger charge is 2.11. The third-order valence-electron chi connectivity index (χ3n) is 2.94. The summed E-state index contributed by atoms with van der Waals surface area (Å²) in [4.78, 5) is 22.3. The van der Waals surface area contributed by atoms with Gasteiger partial charge in [0.1, 0.15) is 0 Å². The number of methoxy groups -OCH3 is 2. The van der Waals surface area contributed by atoms with Crippen molar-refractivity contribution in [2.45, 2.75) is 0 Å². The first-order chi connectivity index (χ1) is 10.5. The molecule has 116 valence electrons. The lowest BCUT2D eigenvalue weighted by Crippen LogP contribution is -2.15. The number of hydrogen-bond donors (Lipinski definition) is 1. The van der Waals surface area contributed by atoms with Crippen molar-refractivity contribution in [1.29, 1.82) is 0 Å². The topological polar surface area (TPSA) is 76.6 Å². The Bertz CT molecular complexity index is 656. The van der Waals surface area contributed by atoms with Crippen molar-refractivity contribution >= 4 is 17.5 Å². The van der Waals surface area contributed by atoms with Gasteiger partial charge in [0.05, 0.1) is 32.3 Å². The minimum Gasteiger partial charge on any atom is -0.493 e. The summed E-state index contributed by atoms with van der Waals surface area (Å²) in [7, 11) is 6.75. The average Bonchev–Trinajstić information content (AvgIpc) is 2.54. The maximum atomic E-state index is 12.2. The number of benzene rings is 1. The van der Waals surface area contributed by atoms with Crippen LogP contribution < -0.4 is 19.7 Å². The van der Waals surface area contributed by atoms with Gasteiger partial charge >= 0.3 is 0 Å². The van der Waals surface area contributed by atoms with E-state index in [-0.39, 0.29) is 5.91 Å². The minimum absolute atomic E-state index is 0.276. The van der Waals surface area contributed by atoms with Crippen molar-refractivity contribution in [3.05, 3.63) is 36.2 Å². The van der Waals surface area contributed by atoms with Gasteiger partial charge in [0, 0.05) is 19.7 Å². The van der Waals surface area contributed by atoms with Gasteiger partial charge in [-0.15, -0.1) is 0 Å². The van der Waals surface area contributed by atoms with Crippen molar-refractivity contribution in [2.75, 3.05) is 38.5 Å². The van der Waals surface area contributed by atoms with Crippen LogP contribution in [0.4, 0.5) is 11.6 Å². The van der Waals surface area contributed by atoms with Gasteiger partial charge in [-0.05, 0) is 18.2 Å². The molecule has 0 saturated carbocycles. The van der Waals surface area contributed by atoms with Crippen molar-refractivity contribution in [3.8, 4) is 11.5 Å². The highest BCUT2D eigenvalue weighted by molar-refractivity contribution is 6.04. The van der Waals surface area contributed by atoms with Gasteiger partial charge in [-0.25, -0.2) is 9.97 Å². The highest BCUT2D eigenvalue weighted by atomic mass is 16.5. The molecule has 0 saturated heterocycles. The molecule has 0 bridgehead atoms. The molecule has 7 heteroatoms. The van der Waals surface area contributed by atoms with E-state index in [9.17, 15) is 4.79 Å². The Labute approximate surface area is 128 Å². The van der Waals surface area contributed by atoms with E-state index in [0.717, 1.165) is 0 Å². The van der Waals surface area contributed by atoms with Crippen LogP contribution in [0.5, 0.6) is 11.5 Å². The van der Waals surface area contributed by atoms with Gasteiger partial charge in [-0.2, -0.15) is 0 Å². The Kier molecular flexibility index (Phi) is 4.77. The lowest BCUT2D eigenvalue weighted by molar-refractivity contribution is 0.102. The SMILES string of the molecule is COc1ccc(C(=O)Nc2cnc(N(C)C)nc2)cc1OC. The van der Waals surface area contributed by atoms with Crippen LogP contribution in [0.3, 0.4) is 0 Å². The number of ether oxygens (including phenoxy) is 2. The van der Waals surface area contributed by atoms with Gasteiger partial charge in [0.25, 0.3) is 5.91 Å². The van der Waals surface area contributed by atoms with E-state index in [1.165, 1.54) is 7.11 Å². The summed E-state index contributed by atoms with van der Waals surface area (Å²) in [6, 6.07) is 4.95. The molecule has 1 amide bonds. The number of carbonyl (C=O) groups excluding carboxylic acids is 1. The average molecular weight is 302 g/mol. The van der Waals surface area contributed by atoms with Gasteiger partial charge in [0.15, 0.2) is 11.5 Å². The maximum absolute atomic E-state index is 12.2. The van der Waals surface area contributed by atoms with Crippen LogP contribution in [0.2, 0.25) is 0 Å². The molecule has 2 rings (SSSR count). The molecular weight excluding hydrogens is 284 g/mol. The molecule has 0 fully saturated rings. The fourth-order valence-corrected chi connectivity index (χ4v) is 1.80. The second kappa shape index (κ2) is 6.75. The summed E-state index contributed by atoms with van der Waals surface area (Å²) >= 11 is 0. The Hall–Kier alpha value is -2.83. The number of anilines is 2. The number of amides is 1. The molecule has 0 aliphatic carbocycles. The van der Waals surface area contributed by atoms with Crippen molar-refractivity contribution in [3.63, 3.8) is 0 Å². The summed E-state index contributed by atoms with van der Waals surface area (Å²) in [6.45, 7) is 0. The summed E-state index contributed by atoms with van der Waals surface area (Å²) < 4.78 is 10.3. The fraction of sp³-hybridized carbons (Fsp3) is 0.267. The third kappa shape index (κ3) is 3.43. The molecule has 22 heavy (non-hydrogen) atoms. The maximum Gasteiger partial charge on any atom is 0.255 e. The zero-order valence-electron chi connectivity index (χ0n) is 13.0. The van der Waals surface area contributed by atoms with Crippen LogP contribution in [-0.2, 0) is 0 Å². The molecule has 1 aromatic heterocycles.